The molecule has 0 fully saturated rings. The van der Waals surface area contributed by atoms with E-state index < -0.39 is 21.8 Å². The summed E-state index contributed by atoms with van der Waals surface area (Å²) in [6.45, 7) is 6.23. The molecule has 4 rings (SSSR count). The van der Waals surface area contributed by atoms with E-state index in [9.17, 15) is 13.2 Å². The van der Waals surface area contributed by atoms with Gasteiger partial charge in [-0.05, 0) is 61.9 Å². The molecule has 168 valence electrons. The SMILES string of the molecule is CC(C)(C)OC(=O)ON1CCc2cc(NS(=O)(=O)c3cccc4ccccc34)ccc2C1. The van der Waals surface area contributed by atoms with Crippen molar-refractivity contribution < 1.29 is 22.8 Å². The van der Waals surface area contributed by atoms with Crippen molar-refractivity contribution in [2.45, 2.75) is 44.2 Å². The van der Waals surface area contributed by atoms with Gasteiger partial charge < -0.3 is 9.57 Å². The maximum Gasteiger partial charge on any atom is 0.528 e. The van der Waals surface area contributed by atoms with E-state index in [1.54, 1.807) is 50.1 Å². The second-order valence-corrected chi connectivity index (χ2v) is 10.4. The Hall–Kier alpha value is -3.10. The van der Waals surface area contributed by atoms with E-state index in [0.29, 0.717) is 30.6 Å². The van der Waals surface area contributed by atoms with Crippen LogP contribution in [-0.2, 0) is 32.6 Å². The van der Waals surface area contributed by atoms with Crippen LogP contribution < -0.4 is 4.72 Å². The number of ether oxygens (including phenoxy) is 1. The van der Waals surface area contributed by atoms with E-state index in [2.05, 4.69) is 4.72 Å². The molecule has 8 heteroatoms. The van der Waals surface area contributed by atoms with E-state index in [1.165, 1.54) is 0 Å². The standard InChI is InChI=1S/C24H26N2O5S/c1-24(2,3)30-23(27)31-26-14-13-18-15-20(12-11-19(18)16-26)25-32(28,29)22-10-6-8-17-7-4-5-9-21(17)22/h4-12,15,25H,13-14,16H2,1-3H3. The number of benzene rings is 3. The number of hydrogen-bond acceptors (Lipinski definition) is 6. The van der Waals surface area contributed by atoms with E-state index in [1.807, 2.05) is 36.4 Å². The molecule has 0 aliphatic carbocycles. The van der Waals surface area contributed by atoms with Gasteiger partial charge in [0, 0.05) is 17.6 Å². The first-order valence-corrected chi connectivity index (χ1v) is 11.9. The molecule has 0 aromatic heterocycles. The Morgan fingerprint density at radius 1 is 1.00 bits per heavy atom. The molecule has 0 bridgehead atoms. The molecule has 1 aliphatic heterocycles. The first kappa shape index (κ1) is 22.1. The molecule has 32 heavy (non-hydrogen) atoms. The third-order valence-electron chi connectivity index (χ3n) is 5.07. The summed E-state index contributed by atoms with van der Waals surface area (Å²) in [5.74, 6) is 0. The van der Waals surface area contributed by atoms with Crippen LogP contribution in [0.2, 0.25) is 0 Å². The van der Waals surface area contributed by atoms with Gasteiger partial charge in [0.15, 0.2) is 0 Å². The number of sulfonamides is 1. The molecule has 0 radical (unpaired) electrons. The van der Waals surface area contributed by atoms with E-state index in [-0.39, 0.29) is 4.90 Å². The Balaban J connectivity index is 1.49. The molecule has 3 aromatic rings. The molecular weight excluding hydrogens is 428 g/mol. The molecule has 0 unspecified atom stereocenters. The Morgan fingerprint density at radius 3 is 2.53 bits per heavy atom. The molecule has 0 spiro atoms. The number of hydrogen-bond donors (Lipinski definition) is 1. The van der Waals surface area contributed by atoms with Gasteiger partial charge >= 0.3 is 6.16 Å². The number of carbonyl (C=O) groups excluding carboxylic acids is 1. The second kappa shape index (κ2) is 8.44. The highest BCUT2D eigenvalue weighted by atomic mass is 32.2. The maximum atomic E-state index is 13.1. The fourth-order valence-corrected chi connectivity index (χ4v) is 4.96. The summed E-state index contributed by atoms with van der Waals surface area (Å²) in [4.78, 5) is 17.5. The van der Waals surface area contributed by atoms with Gasteiger partial charge in [0.05, 0.1) is 11.4 Å². The molecular formula is C24H26N2O5S. The lowest BCUT2D eigenvalue weighted by atomic mass is 10.0. The van der Waals surface area contributed by atoms with Crippen molar-refractivity contribution in [1.82, 2.24) is 5.06 Å². The van der Waals surface area contributed by atoms with Gasteiger partial charge in [-0.25, -0.2) is 13.2 Å². The fraction of sp³-hybridized carbons (Fsp3) is 0.292. The summed E-state index contributed by atoms with van der Waals surface area (Å²) in [6, 6.07) is 18.0. The van der Waals surface area contributed by atoms with Gasteiger partial charge in [-0.2, -0.15) is 0 Å². The lowest BCUT2D eigenvalue weighted by molar-refractivity contribution is -0.151. The smallest absolute Gasteiger partial charge is 0.427 e. The van der Waals surface area contributed by atoms with Crippen LogP contribution in [0, 0.1) is 0 Å². The Morgan fingerprint density at radius 2 is 1.75 bits per heavy atom. The van der Waals surface area contributed by atoms with Crippen molar-refractivity contribution in [2.75, 3.05) is 11.3 Å². The Labute approximate surface area is 187 Å². The molecule has 1 aliphatic rings. The predicted octanol–water partition coefficient (Wildman–Crippen LogP) is 4.87. The molecule has 1 heterocycles. The lowest BCUT2D eigenvalue weighted by Crippen LogP contribution is -2.35. The van der Waals surface area contributed by atoms with Gasteiger partial charge in [0.25, 0.3) is 10.0 Å². The summed E-state index contributed by atoms with van der Waals surface area (Å²) in [7, 11) is -3.76. The number of carbonyl (C=O) groups is 1. The summed E-state index contributed by atoms with van der Waals surface area (Å²) < 4.78 is 34.1. The minimum absolute atomic E-state index is 0.241. The zero-order valence-corrected chi connectivity index (χ0v) is 19.1. The van der Waals surface area contributed by atoms with Crippen LogP contribution in [0.1, 0.15) is 31.9 Å². The van der Waals surface area contributed by atoms with Crippen LogP contribution in [0.15, 0.2) is 65.6 Å². The van der Waals surface area contributed by atoms with Crippen molar-refractivity contribution in [1.29, 1.82) is 0 Å². The van der Waals surface area contributed by atoms with E-state index >= 15 is 0 Å². The van der Waals surface area contributed by atoms with Crippen molar-refractivity contribution in [3.8, 4) is 0 Å². The number of anilines is 1. The molecule has 0 amide bonds. The summed E-state index contributed by atoms with van der Waals surface area (Å²) in [6.07, 6.45) is -0.123. The predicted molar refractivity (Wildman–Crippen MR) is 123 cm³/mol. The molecule has 0 saturated heterocycles. The van der Waals surface area contributed by atoms with E-state index in [4.69, 9.17) is 9.57 Å². The highest BCUT2D eigenvalue weighted by molar-refractivity contribution is 7.93. The van der Waals surface area contributed by atoms with Crippen LogP contribution in [0.4, 0.5) is 10.5 Å². The van der Waals surface area contributed by atoms with Crippen LogP contribution >= 0.6 is 0 Å². The number of nitrogens with zero attached hydrogens (tertiary/aromatic N) is 1. The normalized spacial score (nSPS) is 14.6. The molecule has 0 atom stereocenters. The van der Waals surface area contributed by atoms with Crippen LogP contribution in [0.3, 0.4) is 0 Å². The topological polar surface area (TPSA) is 84.9 Å². The summed E-state index contributed by atoms with van der Waals surface area (Å²) in [5.41, 5.74) is 1.85. The summed E-state index contributed by atoms with van der Waals surface area (Å²) in [5, 5.41) is 3.09. The van der Waals surface area contributed by atoms with Crippen molar-refractivity contribution in [3.63, 3.8) is 0 Å². The average molecular weight is 455 g/mol. The average Bonchev–Trinajstić information content (AvgIpc) is 2.71. The molecule has 3 aromatic carbocycles. The maximum absolute atomic E-state index is 13.1. The van der Waals surface area contributed by atoms with Crippen molar-refractivity contribution >= 4 is 32.6 Å². The molecule has 1 N–H and O–H groups in total. The lowest BCUT2D eigenvalue weighted by Gasteiger charge is -2.28. The Bertz CT molecular complexity index is 1260. The fourth-order valence-electron chi connectivity index (χ4n) is 3.68. The van der Waals surface area contributed by atoms with Crippen molar-refractivity contribution in [2.24, 2.45) is 0 Å². The highest BCUT2D eigenvalue weighted by Crippen LogP contribution is 2.27. The number of fused-ring (bicyclic) bond motifs is 2. The first-order chi connectivity index (χ1) is 15.1. The molecule has 7 nitrogen and oxygen atoms in total. The number of nitrogens with one attached hydrogen (secondary N) is 1. The van der Waals surface area contributed by atoms with Crippen LogP contribution in [0.25, 0.3) is 10.8 Å². The Kier molecular flexibility index (Phi) is 5.83. The molecule has 0 saturated carbocycles. The third-order valence-corrected chi connectivity index (χ3v) is 6.51. The van der Waals surface area contributed by atoms with Crippen LogP contribution in [0.5, 0.6) is 0 Å². The van der Waals surface area contributed by atoms with Gasteiger partial charge in [-0.15, -0.1) is 5.06 Å². The highest BCUT2D eigenvalue weighted by Gasteiger charge is 2.24. The van der Waals surface area contributed by atoms with E-state index in [0.717, 1.165) is 16.5 Å². The van der Waals surface area contributed by atoms with Gasteiger partial charge in [-0.3, -0.25) is 4.72 Å². The minimum Gasteiger partial charge on any atom is -0.427 e. The van der Waals surface area contributed by atoms with Gasteiger partial charge in [0.1, 0.15) is 5.60 Å². The largest absolute Gasteiger partial charge is 0.528 e. The zero-order valence-electron chi connectivity index (χ0n) is 18.3. The first-order valence-electron chi connectivity index (χ1n) is 10.4. The van der Waals surface area contributed by atoms with Crippen molar-refractivity contribution in [3.05, 3.63) is 71.8 Å². The summed E-state index contributed by atoms with van der Waals surface area (Å²) >= 11 is 0. The quantitative estimate of drug-likeness (QED) is 0.567. The van der Waals surface area contributed by atoms with Gasteiger partial charge in [-0.1, -0.05) is 42.5 Å². The monoisotopic (exact) mass is 454 g/mol. The zero-order chi connectivity index (χ0) is 22.9. The number of hydroxylamine groups is 2. The van der Waals surface area contributed by atoms with Gasteiger partial charge in [0.2, 0.25) is 0 Å². The second-order valence-electron chi connectivity index (χ2n) is 8.74. The van der Waals surface area contributed by atoms with Crippen LogP contribution in [-0.4, -0.2) is 31.8 Å². The number of rotatable bonds is 4. The third kappa shape index (κ3) is 5.03. The minimum atomic E-state index is -3.76.